The van der Waals surface area contributed by atoms with Gasteiger partial charge in [0.15, 0.2) is 11.6 Å². The highest BCUT2D eigenvalue weighted by atomic mass is 32.2. The highest BCUT2D eigenvalue weighted by Crippen LogP contribution is 2.31. The fourth-order valence-electron chi connectivity index (χ4n) is 3.23. The predicted molar refractivity (Wildman–Crippen MR) is 120 cm³/mol. The normalized spacial score (nSPS) is 13.5. The highest BCUT2D eigenvalue weighted by molar-refractivity contribution is 7.92. The predicted octanol–water partition coefficient (Wildman–Crippen LogP) is 5.59. The van der Waals surface area contributed by atoms with E-state index in [1.54, 1.807) is 4.72 Å². The number of amides is 1. The zero-order valence-corrected chi connectivity index (χ0v) is 19.8. The molecule has 2 rings (SSSR count). The van der Waals surface area contributed by atoms with Crippen LogP contribution in [-0.4, -0.2) is 20.6 Å². The van der Waals surface area contributed by atoms with Crippen molar-refractivity contribution in [3.05, 3.63) is 69.8 Å². The number of carbonyl (C=O) groups excluding carboxylic acids is 1. The molecular weight excluding hydrogens is 479 g/mol. The van der Waals surface area contributed by atoms with E-state index in [2.05, 4.69) is 5.32 Å². The van der Waals surface area contributed by atoms with Crippen LogP contribution in [0.2, 0.25) is 0 Å². The van der Waals surface area contributed by atoms with E-state index in [1.807, 2.05) is 6.92 Å². The summed E-state index contributed by atoms with van der Waals surface area (Å²) in [6, 6.07) is 4.24. The van der Waals surface area contributed by atoms with Gasteiger partial charge in [-0.05, 0) is 67.3 Å². The number of aryl methyl sites for hydroxylation is 1. The van der Waals surface area contributed by atoms with Crippen molar-refractivity contribution in [3.8, 4) is 0 Å². The number of hydrogen-bond acceptors (Lipinski definition) is 3. The minimum atomic E-state index is -4.48. The zero-order chi connectivity index (χ0) is 25.8. The third-order valence-electron chi connectivity index (χ3n) is 4.92. The molecule has 0 fully saturated rings. The van der Waals surface area contributed by atoms with Gasteiger partial charge in [0.2, 0.25) is 15.9 Å². The number of nitrogens with one attached hydrogen (secondary N) is 2. The average molecular weight is 505 g/mol. The van der Waals surface area contributed by atoms with Crippen molar-refractivity contribution >= 4 is 27.7 Å². The standard InChI is InChI=1S/C23H25F5N2O3S/c1-5-6-15-10-18(23(26,27)28)8-7-16(15)9-13(2)22(31)29-14(3)17-11-19(24)21(20(25)12-17)30-34(4,32)33/h7-12,14,30H,5-6H2,1-4H3,(H,29,31)/b13-9+/t14-/m1/s1. The van der Waals surface area contributed by atoms with Gasteiger partial charge in [0, 0.05) is 5.57 Å². The van der Waals surface area contributed by atoms with Crippen molar-refractivity contribution in [3.63, 3.8) is 0 Å². The average Bonchev–Trinajstić information content (AvgIpc) is 2.70. The molecule has 2 N–H and O–H groups in total. The van der Waals surface area contributed by atoms with Crippen LogP contribution in [0.5, 0.6) is 0 Å². The quantitative estimate of drug-likeness (QED) is 0.364. The minimum Gasteiger partial charge on any atom is -0.346 e. The first-order chi connectivity index (χ1) is 15.6. The molecule has 0 saturated carbocycles. The summed E-state index contributed by atoms with van der Waals surface area (Å²) in [6.45, 7) is 4.77. The molecule has 11 heteroatoms. The summed E-state index contributed by atoms with van der Waals surface area (Å²) in [5.74, 6) is -2.89. The number of halogens is 5. The smallest absolute Gasteiger partial charge is 0.346 e. The number of hydrogen-bond donors (Lipinski definition) is 2. The van der Waals surface area contributed by atoms with Crippen molar-refractivity contribution in [2.45, 2.75) is 45.8 Å². The Labute approximate surface area is 195 Å². The van der Waals surface area contributed by atoms with Crippen molar-refractivity contribution in [1.29, 1.82) is 0 Å². The zero-order valence-electron chi connectivity index (χ0n) is 19.0. The minimum absolute atomic E-state index is 0.0522. The van der Waals surface area contributed by atoms with Gasteiger partial charge in [0.25, 0.3) is 0 Å². The van der Waals surface area contributed by atoms with Crippen LogP contribution in [0, 0.1) is 11.6 Å². The summed E-state index contributed by atoms with van der Waals surface area (Å²) in [6.07, 6.45) is -1.30. The van der Waals surface area contributed by atoms with Gasteiger partial charge in [0.1, 0.15) is 5.69 Å². The van der Waals surface area contributed by atoms with E-state index in [0.717, 1.165) is 30.5 Å². The molecule has 0 radical (unpaired) electrons. The Hall–Kier alpha value is -2.95. The molecule has 34 heavy (non-hydrogen) atoms. The molecule has 0 saturated heterocycles. The first-order valence-electron chi connectivity index (χ1n) is 10.3. The summed E-state index contributed by atoms with van der Waals surface area (Å²) in [7, 11) is -3.90. The van der Waals surface area contributed by atoms with E-state index in [4.69, 9.17) is 0 Å². The second-order valence-corrected chi connectivity index (χ2v) is 9.67. The van der Waals surface area contributed by atoms with Crippen LogP contribution in [0.1, 0.15) is 55.5 Å². The highest BCUT2D eigenvalue weighted by Gasteiger charge is 2.30. The van der Waals surface area contributed by atoms with Crippen molar-refractivity contribution < 1.29 is 35.2 Å². The fraction of sp³-hybridized carbons (Fsp3) is 0.348. The summed E-state index contributed by atoms with van der Waals surface area (Å²) in [5, 5.41) is 2.57. The van der Waals surface area contributed by atoms with Crippen LogP contribution in [0.4, 0.5) is 27.6 Å². The maximum Gasteiger partial charge on any atom is 0.416 e. The molecule has 1 atom stereocenters. The van der Waals surface area contributed by atoms with Gasteiger partial charge in [-0.3, -0.25) is 9.52 Å². The van der Waals surface area contributed by atoms with E-state index >= 15 is 0 Å². The second kappa shape index (κ2) is 10.5. The number of benzene rings is 2. The van der Waals surface area contributed by atoms with Crippen molar-refractivity contribution in [1.82, 2.24) is 5.32 Å². The summed E-state index contributed by atoms with van der Waals surface area (Å²) in [5.41, 5.74) is -0.468. The molecule has 0 heterocycles. The number of alkyl halides is 3. The number of carbonyl (C=O) groups is 1. The fourth-order valence-corrected chi connectivity index (χ4v) is 3.79. The van der Waals surface area contributed by atoms with E-state index in [1.165, 1.54) is 26.0 Å². The largest absolute Gasteiger partial charge is 0.416 e. The second-order valence-electron chi connectivity index (χ2n) is 7.92. The Morgan fingerprint density at radius 2 is 1.71 bits per heavy atom. The molecule has 0 unspecified atom stereocenters. The summed E-state index contributed by atoms with van der Waals surface area (Å²) in [4.78, 5) is 12.6. The molecule has 0 aromatic heterocycles. The lowest BCUT2D eigenvalue weighted by molar-refractivity contribution is -0.137. The molecule has 0 bridgehead atoms. The monoisotopic (exact) mass is 504 g/mol. The third-order valence-corrected chi connectivity index (χ3v) is 5.49. The molecular formula is C23H25F5N2O3S. The van der Waals surface area contributed by atoms with Gasteiger partial charge in [-0.1, -0.05) is 19.4 Å². The van der Waals surface area contributed by atoms with E-state index in [9.17, 15) is 35.2 Å². The maximum absolute atomic E-state index is 14.2. The number of anilines is 1. The van der Waals surface area contributed by atoms with Crippen molar-refractivity contribution in [2.24, 2.45) is 0 Å². The first-order valence-corrected chi connectivity index (χ1v) is 12.2. The topological polar surface area (TPSA) is 75.3 Å². The molecule has 186 valence electrons. The van der Waals surface area contributed by atoms with Gasteiger partial charge in [-0.15, -0.1) is 0 Å². The molecule has 0 spiro atoms. The Bertz CT molecular complexity index is 1180. The SMILES string of the molecule is CCCc1cc(C(F)(F)F)ccc1/C=C(\C)C(=O)N[C@H](C)c1cc(F)c(NS(C)(=O)=O)c(F)c1. The Balaban J connectivity index is 2.25. The van der Waals surface area contributed by atoms with Gasteiger partial charge >= 0.3 is 6.18 Å². The molecule has 0 aliphatic heterocycles. The van der Waals surface area contributed by atoms with E-state index in [0.29, 0.717) is 24.0 Å². The Morgan fingerprint density at radius 3 is 2.21 bits per heavy atom. The molecule has 2 aromatic carbocycles. The van der Waals surface area contributed by atoms with Crippen LogP contribution in [0.25, 0.3) is 6.08 Å². The van der Waals surface area contributed by atoms with Gasteiger partial charge in [-0.25, -0.2) is 17.2 Å². The van der Waals surface area contributed by atoms with E-state index < -0.39 is 51.0 Å². The van der Waals surface area contributed by atoms with Crippen LogP contribution in [-0.2, 0) is 27.4 Å². The lowest BCUT2D eigenvalue weighted by atomic mass is 9.98. The van der Waals surface area contributed by atoms with Crippen LogP contribution in [0.15, 0.2) is 35.9 Å². The number of sulfonamides is 1. The molecule has 1 amide bonds. The van der Waals surface area contributed by atoms with Crippen LogP contribution in [0.3, 0.4) is 0 Å². The van der Waals surface area contributed by atoms with Gasteiger partial charge in [-0.2, -0.15) is 13.2 Å². The van der Waals surface area contributed by atoms with E-state index in [-0.39, 0.29) is 11.1 Å². The molecule has 0 aliphatic carbocycles. The Kier molecular flexibility index (Phi) is 8.46. The summed E-state index contributed by atoms with van der Waals surface area (Å²) < 4.78 is 91.9. The third kappa shape index (κ3) is 7.28. The van der Waals surface area contributed by atoms with Gasteiger partial charge in [0.05, 0.1) is 17.9 Å². The van der Waals surface area contributed by atoms with Gasteiger partial charge < -0.3 is 5.32 Å². The summed E-state index contributed by atoms with van der Waals surface area (Å²) >= 11 is 0. The molecule has 5 nitrogen and oxygen atoms in total. The Morgan fingerprint density at radius 1 is 1.12 bits per heavy atom. The van der Waals surface area contributed by atoms with Crippen molar-refractivity contribution in [2.75, 3.05) is 11.0 Å². The lowest BCUT2D eigenvalue weighted by Gasteiger charge is -2.17. The lowest BCUT2D eigenvalue weighted by Crippen LogP contribution is -2.27. The molecule has 0 aliphatic rings. The maximum atomic E-state index is 14.2. The van der Waals surface area contributed by atoms with Crippen LogP contribution < -0.4 is 10.0 Å². The first kappa shape index (κ1) is 27.3. The van der Waals surface area contributed by atoms with Crippen LogP contribution >= 0.6 is 0 Å². The number of rotatable bonds is 8. The molecule has 2 aromatic rings.